The van der Waals surface area contributed by atoms with Crippen molar-refractivity contribution < 1.29 is 8.81 Å². The summed E-state index contributed by atoms with van der Waals surface area (Å²) < 4.78 is 19.6. The maximum Gasteiger partial charge on any atom is 0.297 e. The van der Waals surface area contributed by atoms with Crippen molar-refractivity contribution in [3.63, 3.8) is 0 Å². The van der Waals surface area contributed by atoms with Crippen LogP contribution in [0.25, 0.3) is 23.3 Å². The minimum atomic E-state index is -0.881. The summed E-state index contributed by atoms with van der Waals surface area (Å²) in [6.07, 6.45) is 4.26. The fourth-order valence-electron chi connectivity index (χ4n) is 3.88. The Morgan fingerprint density at radius 1 is 1.35 bits per heavy atom. The zero-order valence-electron chi connectivity index (χ0n) is 14.9. The van der Waals surface area contributed by atoms with Gasteiger partial charge in [-0.3, -0.25) is 0 Å². The van der Waals surface area contributed by atoms with Crippen molar-refractivity contribution in [3.05, 3.63) is 40.0 Å². The normalized spacial score (nSPS) is 18.9. The molecule has 2 aliphatic rings. The molecule has 0 amide bonds. The summed E-state index contributed by atoms with van der Waals surface area (Å²) in [6, 6.07) is 6.73. The summed E-state index contributed by atoms with van der Waals surface area (Å²) >= 11 is 0. The van der Waals surface area contributed by atoms with Crippen molar-refractivity contribution in [1.82, 2.24) is 9.97 Å². The smallest absolute Gasteiger partial charge is 0.297 e. The van der Waals surface area contributed by atoms with Crippen LogP contribution in [0.5, 0.6) is 0 Å². The van der Waals surface area contributed by atoms with Crippen molar-refractivity contribution in [2.24, 2.45) is 0 Å². The molecule has 0 radical (unpaired) electrons. The lowest BCUT2D eigenvalue weighted by molar-refractivity contribution is 0.427. The standard InChI is InChI=1S/C20H21FN4O/c1-24(2)20-23-18-10-13(4-6-19(18)26-20)25-8-7-17-15(11-25)14-9-12(21)3-5-16(14)22-17/h4-6,9-10,12,22H,3,7-8,11H2,1-2H3. The lowest BCUT2D eigenvalue weighted by atomic mass is 10.0. The van der Waals surface area contributed by atoms with Gasteiger partial charge in [0.2, 0.25) is 0 Å². The summed E-state index contributed by atoms with van der Waals surface area (Å²) in [7, 11) is 3.83. The number of oxazole rings is 1. The molecule has 1 aliphatic carbocycles. The average Bonchev–Trinajstić information content (AvgIpc) is 3.21. The van der Waals surface area contributed by atoms with Gasteiger partial charge in [-0.05, 0) is 29.8 Å². The average molecular weight is 352 g/mol. The van der Waals surface area contributed by atoms with Crippen molar-refractivity contribution >= 4 is 35.0 Å². The van der Waals surface area contributed by atoms with Crippen LogP contribution in [0.3, 0.4) is 0 Å². The molecular weight excluding hydrogens is 331 g/mol. The van der Waals surface area contributed by atoms with Gasteiger partial charge in [0.15, 0.2) is 5.58 Å². The van der Waals surface area contributed by atoms with Crippen molar-refractivity contribution in [3.8, 4) is 0 Å². The van der Waals surface area contributed by atoms with Crippen LogP contribution in [-0.4, -0.2) is 36.8 Å². The molecule has 26 heavy (non-hydrogen) atoms. The van der Waals surface area contributed by atoms with Crippen LogP contribution >= 0.6 is 0 Å². The molecule has 0 saturated heterocycles. The molecule has 5 rings (SSSR count). The highest BCUT2D eigenvalue weighted by Crippen LogP contribution is 2.28. The van der Waals surface area contributed by atoms with Crippen molar-refractivity contribution in [1.29, 1.82) is 0 Å². The number of hydrogen-bond donors (Lipinski definition) is 1. The number of aromatic amines is 1. The molecule has 0 fully saturated rings. The quantitative estimate of drug-likeness (QED) is 0.767. The van der Waals surface area contributed by atoms with E-state index in [1.165, 1.54) is 11.3 Å². The van der Waals surface area contributed by atoms with E-state index in [4.69, 9.17) is 4.42 Å². The van der Waals surface area contributed by atoms with Crippen LogP contribution in [0.15, 0.2) is 22.6 Å². The van der Waals surface area contributed by atoms with E-state index in [0.29, 0.717) is 12.4 Å². The highest BCUT2D eigenvalue weighted by atomic mass is 19.1. The number of H-pyrrole nitrogens is 1. The van der Waals surface area contributed by atoms with E-state index < -0.39 is 6.17 Å². The highest BCUT2D eigenvalue weighted by Gasteiger charge is 2.22. The highest BCUT2D eigenvalue weighted by molar-refractivity contribution is 5.79. The van der Waals surface area contributed by atoms with Crippen LogP contribution in [0.4, 0.5) is 16.1 Å². The molecule has 1 aromatic carbocycles. The lowest BCUT2D eigenvalue weighted by Gasteiger charge is -2.29. The van der Waals surface area contributed by atoms with Crippen LogP contribution in [0.2, 0.25) is 0 Å². The van der Waals surface area contributed by atoms with Gasteiger partial charge in [-0.2, -0.15) is 4.98 Å². The van der Waals surface area contributed by atoms with Gasteiger partial charge in [0.25, 0.3) is 6.01 Å². The Labute approximate surface area is 150 Å². The molecule has 1 N–H and O–H groups in total. The van der Waals surface area contributed by atoms with E-state index in [9.17, 15) is 4.39 Å². The summed E-state index contributed by atoms with van der Waals surface area (Å²) in [4.78, 5) is 12.2. The molecule has 6 heteroatoms. The predicted octanol–water partition coefficient (Wildman–Crippen LogP) is 2.09. The van der Waals surface area contributed by atoms with E-state index >= 15 is 0 Å². The lowest BCUT2D eigenvalue weighted by Crippen LogP contribution is -2.35. The molecule has 3 heterocycles. The Kier molecular flexibility index (Phi) is 3.35. The van der Waals surface area contributed by atoms with E-state index in [2.05, 4.69) is 27.0 Å². The van der Waals surface area contributed by atoms with E-state index in [-0.39, 0.29) is 0 Å². The number of nitrogens with zero attached hydrogens (tertiary/aromatic N) is 3. The Hall–Kier alpha value is -2.76. The van der Waals surface area contributed by atoms with Crippen molar-refractivity contribution in [2.45, 2.75) is 25.6 Å². The van der Waals surface area contributed by atoms with Crippen LogP contribution in [0.1, 0.15) is 17.7 Å². The molecule has 2 aromatic heterocycles. The number of halogens is 1. The van der Waals surface area contributed by atoms with Gasteiger partial charge in [0.05, 0.1) is 0 Å². The molecule has 0 bridgehead atoms. The number of aromatic nitrogens is 2. The number of rotatable bonds is 2. The fraction of sp³-hybridized carbons (Fsp3) is 0.350. The maximum atomic E-state index is 13.8. The predicted molar refractivity (Wildman–Crippen MR) is 102 cm³/mol. The topological polar surface area (TPSA) is 48.3 Å². The summed E-state index contributed by atoms with van der Waals surface area (Å²) in [5.74, 6) is 0. The second-order valence-electron chi connectivity index (χ2n) is 7.25. The van der Waals surface area contributed by atoms with Crippen LogP contribution in [-0.2, 0) is 13.0 Å². The van der Waals surface area contributed by atoms with Gasteiger partial charge >= 0.3 is 0 Å². The van der Waals surface area contributed by atoms with Gasteiger partial charge in [-0.1, -0.05) is 6.08 Å². The number of benzene rings is 1. The third-order valence-corrected chi connectivity index (χ3v) is 5.25. The summed E-state index contributed by atoms with van der Waals surface area (Å²) in [5.41, 5.74) is 5.23. The number of anilines is 2. The van der Waals surface area contributed by atoms with Gasteiger partial charge in [-0.25, -0.2) is 4.39 Å². The monoisotopic (exact) mass is 352 g/mol. The zero-order chi connectivity index (χ0) is 17.8. The first-order valence-electron chi connectivity index (χ1n) is 8.97. The zero-order valence-corrected chi connectivity index (χ0v) is 14.9. The number of fused-ring (bicyclic) bond motifs is 4. The third kappa shape index (κ3) is 2.40. The first-order valence-corrected chi connectivity index (χ1v) is 8.97. The number of alkyl halides is 1. The van der Waals surface area contributed by atoms with Gasteiger partial charge < -0.3 is 19.2 Å². The minimum Gasteiger partial charge on any atom is -0.423 e. The summed E-state index contributed by atoms with van der Waals surface area (Å²) in [5, 5.41) is 2.12. The Morgan fingerprint density at radius 3 is 3.08 bits per heavy atom. The first kappa shape index (κ1) is 15.5. The molecule has 1 aliphatic heterocycles. The van der Waals surface area contributed by atoms with Crippen LogP contribution in [0, 0.1) is 0 Å². The third-order valence-electron chi connectivity index (χ3n) is 5.25. The molecule has 5 nitrogen and oxygen atoms in total. The Balaban J connectivity index is 1.52. The second-order valence-corrected chi connectivity index (χ2v) is 7.25. The van der Waals surface area contributed by atoms with Gasteiger partial charge in [0.1, 0.15) is 11.7 Å². The van der Waals surface area contributed by atoms with Gasteiger partial charge in [-0.15, -0.1) is 0 Å². The van der Waals surface area contributed by atoms with E-state index in [1.54, 1.807) is 6.08 Å². The van der Waals surface area contributed by atoms with Gasteiger partial charge in [0, 0.05) is 62.0 Å². The van der Waals surface area contributed by atoms with Crippen molar-refractivity contribution in [2.75, 3.05) is 30.4 Å². The largest absolute Gasteiger partial charge is 0.423 e. The Morgan fingerprint density at radius 2 is 2.23 bits per heavy atom. The minimum absolute atomic E-state index is 0.465. The Bertz CT molecular complexity index is 1110. The summed E-state index contributed by atoms with van der Waals surface area (Å²) in [6.45, 7) is 1.71. The molecule has 0 spiro atoms. The second kappa shape index (κ2) is 5.62. The number of nitrogens with one attached hydrogen (secondary N) is 1. The van der Waals surface area contributed by atoms with E-state index in [0.717, 1.165) is 46.9 Å². The SMILES string of the molecule is CN(C)c1nc2cc(N3CCc4[nH]c5c(c4C3)=CC(F)CC=5)ccc2o1. The molecule has 1 unspecified atom stereocenters. The van der Waals surface area contributed by atoms with Crippen LogP contribution < -0.4 is 20.4 Å². The fourth-order valence-corrected chi connectivity index (χ4v) is 3.88. The molecule has 134 valence electrons. The van der Waals surface area contributed by atoms with E-state index in [1.807, 2.05) is 31.1 Å². The molecule has 0 saturated carbocycles. The number of hydrogen-bond acceptors (Lipinski definition) is 4. The first-order chi connectivity index (χ1) is 12.6. The molecular formula is C20H21FN4O. The maximum absolute atomic E-state index is 13.8. The molecule has 1 atom stereocenters. The molecule has 3 aromatic rings.